The number of nitriles is 1. The molecule has 0 aliphatic carbocycles. The van der Waals surface area contributed by atoms with E-state index in [1.807, 2.05) is 6.07 Å². The lowest BCUT2D eigenvalue weighted by atomic mass is 9.97. The Morgan fingerprint density at radius 1 is 0.956 bits per heavy atom. The Balaban J connectivity index is 1.51. The average molecular weight is 615 g/mol. The molecule has 2 N–H and O–H groups in total. The fourth-order valence-electron chi connectivity index (χ4n) is 5.44. The third-order valence-corrected chi connectivity index (χ3v) is 7.52. The zero-order chi connectivity index (χ0) is 32.2. The van der Waals surface area contributed by atoms with Crippen LogP contribution in [0.25, 0.3) is 11.1 Å². The Labute approximate surface area is 261 Å². The van der Waals surface area contributed by atoms with E-state index in [-0.39, 0.29) is 16.9 Å². The maximum absolute atomic E-state index is 15.3. The van der Waals surface area contributed by atoms with Gasteiger partial charge in [-0.05, 0) is 51.1 Å². The molecule has 5 rings (SSSR count). The second-order valence-corrected chi connectivity index (χ2v) is 12.0. The van der Waals surface area contributed by atoms with Crippen LogP contribution in [-0.2, 0) is 19.0 Å². The third-order valence-electron chi connectivity index (χ3n) is 7.52. The number of anilines is 3. The third kappa shape index (κ3) is 7.66. The van der Waals surface area contributed by atoms with Crippen molar-refractivity contribution in [2.75, 3.05) is 41.8 Å². The summed E-state index contributed by atoms with van der Waals surface area (Å²) in [5, 5.41) is 14.6. The van der Waals surface area contributed by atoms with Crippen molar-refractivity contribution in [3.8, 4) is 17.2 Å². The first-order valence-electron chi connectivity index (χ1n) is 14.7. The Hall–Kier alpha value is -4.79. The molecule has 0 radical (unpaired) electrons. The van der Waals surface area contributed by atoms with Gasteiger partial charge in [0.25, 0.3) is 0 Å². The summed E-state index contributed by atoms with van der Waals surface area (Å²) in [7, 11) is 0. The Morgan fingerprint density at radius 3 is 2.31 bits per heavy atom. The summed E-state index contributed by atoms with van der Waals surface area (Å²) in [5.41, 5.74) is 1.49. The number of halogens is 1. The van der Waals surface area contributed by atoms with Crippen LogP contribution in [0, 0.1) is 17.1 Å². The molecule has 1 spiro atoms. The molecule has 0 aromatic heterocycles. The van der Waals surface area contributed by atoms with Gasteiger partial charge in [-0.1, -0.05) is 30.3 Å². The van der Waals surface area contributed by atoms with E-state index in [1.165, 1.54) is 18.2 Å². The van der Waals surface area contributed by atoms with Crippen molar-refractivity contribution in [2.45, 2.75) is 51.4 Å². The maximum Gasteiger partial charge on any atom is 0.412 e. The Morgan fingerprint density at radius 2 is 1.64 bits per heavy atom. The SMILES string of the molecule is CC(C)(C)OC(=O)Nc1cc(N2CCC3(CC2)OCCO3)c(-c2ccccc2F)cc1NC(=O)CC(=O)c1cccc(C#N)c1. The van der Waals surface area contributed by atoms with Crippen LogP contribution >= 0.6 is 0 Å². The summed E-state index contributed by atoms with van der Waals surface area (Å²) in [6, 6.07) is 17.6. The second-order valence-electron chi connectivity index (χ2n) is 12.0. The zero-order valence-electron chi connectivity index (χ0n) is 25.4. The van der Waals surface area contributed by atoms with Gasteiger partial charge in [-0.25, -0.2) is 9.18 Å². The van der Waals surface area contributed by atoms with E-state index in [0.717, 1.165) is 0 Å². The number of Topliss-reactive ketones (excluding diaryl/α,β-unsaturated/α-hetero) is 1. The molecule has 0 bridgehead atoms. The molecule has 11 heteroatoms. The average Bonchev–Trinajstić information content (AvgIpc) is 3.45. The highest BCUT2D eigenvalue weighted by molar-refractivity contribution is 6.12. The number of nitrogens with zero attached hydrogens (tertiary/aromatic N) is 2. The lowest BCUT2D eigenvalue weighted by molar-refractivity contribution is -0.169. The highest BCUT2D eigenvalue weighted by Crippen LogP contribution is 2.42. The standard InChI is InChI=1S/C34H35FN4O6/c1-33(2,3)45-32(42)38-28-19-29(39-13-11-34(12-14-39)43-15-16-44-34)25(24-9-4-5-10-26(24)35)18-27(28)37-31(41)20-30(40)23-8-6-7-22(17-23)21-36/h4-10,17-19H,11-16,20H2,1-3H3,(H,37,41)(H,38,42). The molecule has 234 valence electrons. The van der Waals surface area contributed by atoms with Crippen LogP contribution in [0.1, 0.15) is 56.0 Å². The van der Waals surface area contributed by atoms with Crippen LogP contribution in [0.4, 0.5) is 26.2 Å². The number of ether oxygens (including phenoxy) is 3. The molecule has 0 saturated carbocycles. The number of nitrogens with one attached hydrogen (secondary N) is 2. The molecule has 2 fully saturated rings. The number of ketones is 1. The molecule has 2 aliphatic rings. The first kappa shape index (κ1) is 31.6. The van der Waals surface area contributed by atoms with E-state index in [4.69, 9.17) is 14.2 Å². The quantitative estimate of drug-likeness (QED) is 0.235. The van der Waals surface area contributed by atoms with Crippen LogP contribution in [0.5, 0.6) is 0 Å². The van der Waals surface area contributed by atoms with Crippen LogP contribution in [0.3, 0.4) is 0 Å². The normalized spacial score (nSPS) is 15.8. The van der Waals surface area contributed by atoms with Crippen molar-refractivity contribution < 1.29 is 33.0 Å². The molecule has 10 nitrogen and oxygen atoms in total. The number of carbonyl (C=O) groups excluding carboxylic acids is 3. The summed E-state index contributed by atoms with van der Waals surface area (Å²) >= 11 is 0. The van der Waals surface area contributed by atoms with E-state index >= 15 is 4.39 Å². The van der Waals surface area contributed by atoms with E-state index < -0.39 is 41.4 Å². The molecular weight excluding hydrogens is 579 g/mol. The monoisotopic (exact) mass is 614 g/mol. The van der Waals surface area contributed by atoms with Crippen LogP contribution in [0.2, 0.25) is 0 Å². The molecule has 3 aromatic carbocycles. The molecule has 2 amide bonds. The summed E-state index contributed by atoms with van der Waals surface area (Å²) in [4.78, 5) is 41.1. The van der Waals surface area contributed by atoms with Gasteiger partial charge in [0.05, 0.1) is 42.6 Å². The summed E-state index contributed by atoms with van der Waals surface area (Å²) in [6.07, 6.45) is -0.0957. The Kier molecular flexibility index (Phi) is 9.18. The van der Waals surface area contributed by atoms with Gasteiger partial charge < -0.3 is 24.4 Å². The highest BCUT2D eigenvalue weighted by Gasteiger charge is 2.40. The van der Waals surface area contributed by atoms with Gasteiger partial charge in [0.1, 0.15) is 11.4 Å². The van der Waals surface area contributed by atoms with Crippen LogP contribution in [-0.4, -0.2) is 55.5 Å². The van der Waals surface area contributed by atoms with Crippen molar-refractivity contribution in [3.05, 3.63) is 77.6 Å². The van der Waals surface area contributed by atoms with Crippen LogP contribution < -0.4 is 15.5 Å². The molecule has 2 heterocycles. The van der Waals surface area contributed by atoms with Crippen molar-refractivity contribution in [1.82, 2.24) is 0 Å². The number of amides is 2. The minimum Gasteiger partial charge on any atom is -0.444 e. The molecule has 45 heavy (non-hydrogen) atoms. The molecule has 2 saturated heterocycles. The van der Waals surface area contributed by atoms with Gasteiger partial charge in [0.2, 0.25) is 5.91 Å². The Bertz CT molecular complexity index is 1650. The summed E-state index contributed by atoms with van der Waals surface area (Å²) in [5.74, 6) is -2.25. The zero-order valence-corrected chi connectivity index (χ0v) is 25.4. The van der Waals surface area contributed by atoms with Gasteiger partial charge in [-0.2, -0.15) is 5.26 Å². The largest absolute Gasteiger partial charge is 0.444 e. The molecule has 0 unspecified atom stereocenters. The van der Waals surface area contributed by atoms with Crippen molar-refractivity contribution in [1.29, 1.82) is 5.26 Å². The first-order valence-corrected chi connectivity index (χ1v) is 14.7. The lowest BCUT2D eigenvalue weighted by Crippen LogP contribution is -2.45. The molecule has 3 aromatic rings. The number of hydrogen-bond donors (Lipinski definition) is 2. The number of hydrogen-bond acceptors (Lipinski definition) is 8. The lowest BCUT2D eigenvalue weighted by Gasteiger charge is -2.39. The maximum atomic E-state index is 15.3. The van der Waals surface area contributed by atoms with Gasteiger partial charge in [0.15, 0.2) is 11.6 Å². The number of piperidine rings is 1. The predicted octanol–water partition coefficient (Wildman–Crippen LogP) is 6.27. The molecule has 0 atom stereocenters. The topological polar surface area (TPSA) is 130 Å². The summed E-state index contributed by atoms with van der Waals surface area (Å²) < 4.78 is 32.5. The van der Waals surface area contributed by atoms with Gasteiger partial charge >= 0.3 is 6.09 Å². The van der Waals surface area contributed by atoms with E-state index in [2.05, 4.69) is 15.5 Å². The molecular formula is C34H35FN4O6. The predicted molar refractivity (Wildman–Crippen MR) is 167 cm³/mol. The number of rotatable bonds is 7. The number of carbonyl (C=O) groups is 3. The minimum absolute atomic E-state index is 0.155. The van der Waals surface area contributed by atoms with E-state index in [0.29, 0.717) is 61.5 Å². The van der Waals surface area contributed by atoms with Crippen molar-refractivity contribution >= 4 is 34.8 Å². The molecule has 2 aliphatic heterocycles. The van der Waals surface area contributed by atoms with Gasteiger partial charge in [-0.3, -0.25) is 14.9 Å². The number of benzene rings is 3. The van der Waals surface area contributed by atoms with Crippen LogP contribution in [0.15, 0.2) is 60.7 Å². The fourth-order valence-corrected chi connectivity index (χ4v) is 5.44. The van der Waals surface area contributed by atoms with E-state index in [9.17, 15) is 19.6 Å². The second kappa shape index (κ2) is 13.1. The van der Waals surface area contributed by atoms with Gasteiger partial charge in [0, 0.05) is 48.3 Å². The van der Waals surface area contributed by atoms with Crippen molar-refractivity contribution in [2.24, 2.45) is 0 Å². The minimum atomic E-state index is -0.795. The smallest absolute Gasteiger partial charge is 0.412 e. The van der Waals surface area contributed by atoms with E-state index in [1.54, 1.807) is 63.2 Å². The van der Waals surface area contributed by atoms with Gasteiger partial charge in [-0.15, -0.1) is 0 Å². The summed E-state index contributed by atoms with van der Waals surface area (Å²) in [6.45, 7) is 7.32. The van der Waals surface area contributed by atoms with Crippen molar-refractivity contribution in [3.63, 3.8) is 0 Å². The fraction of sp³-hybridized carbons (Fsp3) is 0.353. The first-order chi connectivity index (χ1) is 21.4. The highest BCUT2D eigenvalue weighted by atomic mass is 19.1.